The first-order chi connectivity index (χ1) is 14.3. The second kappa shape index (κ2) is 9.90. The minimum atomic E-state index is -0.0918. The van der Waals surface area contributed by atoms with Crippen LogP contribution < -0.4 is 16.0 Å². The molecule has 4 rings (SSSR count). The molecule has 3 N–H and O–H groups in total. The molecule has 1 aliphatic heterocycles. The van der Waals surface area contributed by atoms with Crippen LogP contribution in [0.15, 0.2) is 48.5 Å². The highest BCUT2D eigenvalue weighted by Gasteiger charge is 2.17. The molecule has 0 bridgehead atoms. The summed E-state index contributed by atoms with van der Waals surface area (Å²) in [6.07, 6.45) is 6.52. The lowest BCUT2D eigenvalue weighted by Crippen LogP contribution is -2.21. The van der Waals surface area contributed by atoms with Gasteiger partial charge in [-0.15, -0.1) is 0 Å². The van der Waals surface area contributed by atoms with Crippen LogP contribution in [0.1, 0.15) is 48.0 Å². The number of rotatable bonds is 9. The molecule has 5 nitrogen and oxygen atoms in total. The van der Waals surface area contributed by atoms with E-state index < -0.39 is 0 Å². The Morgan fingerprint density at radius 2 is 1.76 bits per heavy atom. The van der Waals surface area contributed by atoms with Gasteiger partial charge in [-0.05, 0) is 93.1 Å². The van der Waals surface area contributed by atoms with Gasteiger partial charge in [0.1, 0.15) is 0 Å². The van der Waals surface area contributed by atoms with Crippen LogP contribution in [0.25, 0.3) is 0 Å². The fourth-order valence-corrected chi connectivity index (χ4v) is 3.76. The van der Waals surface area contributed by atoms with Gasteiger partial charge in [-0.25, -0.2) is 0 Å². The SMILES string of the molecule is O=C(Nc1ccc(NCCC2CCNC2)cc1)c1ccc(COC2CCC2)cc1. The molecule has 1 saturated heterocycles. The average molecular weight is 394 g/mol. The third kappa shape index (κ3) is 5.81. The van der Waals surface area contributed by atoms with E-state index in [-0.39, 0.29) is 5.91 Å². The summed E-state index contributed by atoms with van der Waals surface area (Å²) in [7, 11) is 0. The number of amides is 1. The summed E-state index contributed by atoms with van der Waals surface area (Å²) in [6.45, 7) is 3.89. The van der Waals surface area contributed by atoms with Gasteiger partial charge in [-0.2, -0.15) is 0 Å². The summed E-state index contributed by atoms with van der Waals surface area (Å²) in [5.74, 6) is 0.697. The summed E-state index contributed by atoms with van der Waals surface area (Å²) >= 11 is 0. The van der Waals surface area contributed by atoms with E-state index >= 15 is 0 Å². The fraction of sp³-hybridized carbons (Fsp3) is 0.458. The van der Waals surface area contributed by atoms with Crippen molar-refractivity contribution in [3.05, 3.63) is 59.7 Å². The zero-order chi connectivity index (χ0) is 19.9. The molecule has 1 heterocycles. The number of carbonyl (C=O) groups is 1. The molecule has 1 unspecified atom stereocenters. The highest BCUT2D eigenvalue weighted by molar-refractivity contribution is 6.04. The molecular formula is C24H31N3O2. The first-order valence-electron chi connectivity index (χ1n) is 10.8. The second-order valence-corrected chi connectivity index (χ2v) is 8.17. The molecule has 154 valence electrons. The van der Waals surface area contributed by atoms with E-state index in [1.54, 1.807) is 0 Å². The summed E-state index contributed by atoms with van der Waals surface area (Å²) in [5.41, 5.74) is 3.66. The summed E-state index contributed by atoms with van der Waals surface area (Å²) in [6, 6.07) is 15.6. The zero-order valence-electron chi connectivity index (χ0n) is 17.0. The van der Waals surface area contributed by atoms with E-state index in [0.29, 0.717) is 18.3 Å². The normalized spacial score (nSPS) is 19.0. The molecule has 2 aromatic carbocycles. The molecule has 1 atom stereocenters. The van der Waals surface area contributed by atoms with Crippen LogP contribution in [0.5, 0.6) is 0 Å². The Morgan fingerprint density at radius 3 is 2.41 bits per heavy atom. The van der Waals surface area contributed by atoms with Crippen molar-refractivity contribution in [2.45, 2.75) is 44.8 Å². The molecule has 2 aliphatic rings. The number of hydrogen-bond acceptors (Lipinski definition) is 4. The van der Waals surface area contributed by atoms with Crippen LogP contribution in [-0.2, 0) is 11.3 Å². The molecule has 5 heteroatoms. The molecule has 0 radical (unpaired) electrons. The van der Waals surface area contributed by atoms with Gasteiger partial charge in [-0.3, -0.25) is 4.79 Å². The highest BCUT2D eigenvalue weighted by Crippen LogP contribution is 2.23. The van der Waals surface area contributed by atoms with Gasteiger partial charge < -0.3 is 20.7 Å². The van der Waals surface area contributed by atoms with E-state index in [0.717, 1.165) is 42.5 Å². The minimum Gasteiger partial charge on any atom is -0.385 e. The lowest BCUT2D eigenvalue weighted by Gasteiger charge is -2.25. The molecule has 1 aliphatic carbocycles. The molecule has 1 amide bonds. The van der Waals surface area contributed by atoms with E-state index in [2.05, 4.69) is 16.0 Å². The minimum absolute atomic E-state index is 0.0918. The number of nitrogens with one attached hydrogen (secondary N) is 3. The van der Waals surface area contributed by atoms with Gasteiger partial charge >= 0.3 is 0 Å². The largest absolute Gasteiger partial charge is 0.385 e. The van der Waals surface area contributed by atoms with Crippen LogP contribution in [-0.4, -0.2) is 31.6 Å². The topological polar surface area (TPSA) is 62.4 Å². The Hall–Kier alpha value is -2.37. The van der Waals surface area contributed by atoms with E-state index in [1.807, 2.05) is 48.5 Å². The van der Waals surface area contributed by atoms with Crippen molar-refractivity contribution >= 4 is 17.3 Å². The summed E-state index contributed by atoms with van der Waals surface area (Å²) < 4.78 is 5.82. The average Bonchev–Trinajstić information content (AvgIpc) is 3.22. The Bertz CT molecular complexity index is 779. The van der Waals surface area contributed by atoms with Crippen molar-refractivity contribution in [1.29, 1.82) is 0 Å². The summed E-state index contributed by atoms with van der Waals surface area (Å²) in [4.78, 5) is 12.5. The first-order valence-corrected chi connectivity index (χ1v) is 10.8. The maximum atomic E-state index is 12.5. The van der Waals surface area contributed by atoms with Gasteiger partial charge in [-0.1, -0.05) is 12.1 Å². The van der Waals surface area contributed by atoms with Gasteiger partial charge in [0.25, 0.3) is 5.91 Å². The lowest BCUT2D eigenvalue weighted by atomic mass is 9.96. The molecule has 29 heavy (non-hydrogen) atoms. The molecule has 2 fully saturated rings. The van der Waals surface area contributed by atoms with E-state index in [9.17, 15) is 4.79 Å². The fourth-order valence-electron chi connectivity index (χ4n) is 3.76. The Kier molecular flexibility index (Phi) is 6.80. The van der Waals surface area contributed by atoms with Crippen molar-refractivity contribution in [2.24, 2.45) is 5.92 Å². The zero-order valence-corrected chi connectivity index (χ0v) is 17.0. The Labute approximate surface area is 173 Å². The van der Waals surface area contributed by atoms with Crippen molar-refractivity contribution in [2.75, 3.05) is 30.3 Å². The van der Waals surface area contributed by atoms with Crippen molar-refractivity contribution in [3.63, 3.8) is 0 Å². The number of anilines is 2. The van der Waals surface area contributed by atoms with E-state index in [4.69, 9.17) is 4.74 Å². The predicted molar refractivity (Wildman–Crippen MR) is 117 cm³/mol. The standard InChI is InChI=1S/C24H31N3O2/c28-24(20-6-4-19(5-7-20)17-29-23-2-1-3-23)27-22-10-8-21(9-11-22)26-15-13-18-12-14-25-16-18/h4-11,18,23,25-26H,1-3,12-17H2,(H,27,28). The monoisotopic (exact) mass is 393 g/mol. The number of hydrogen-bond donors (Lipinski definition) is 3. The maximum absolute atomic E-state index is 12.5. The van der Waals surface area contributed by atoms with Gasteiger partial charge in [0.05, 0.1) is 12.7 Å². The Morgan fingerprint density at radius 1 is 1.00 bits per heavy atom. The molecular weight excluding hydrogens is 362 g/mol. The van der Waals surface area contributed by atoms with Crippen LogP contribution >= 0.6 is 0 Å². The van der Waals surface area contributed by atoms with Gasteiger partial charge in [0, 0.05) is 23.5 Å². The van der Waals surface area contributed by atoms with Crippen LogP contribution in [0.3, 0.4) is 0 Å². The van der Waals surface area contributed by atoms with Gasteiger partial charge in [0.15, 0.2) is 0 Å². The van der Waals surface area contributed by atoms with Crippen molar-refractivity contribution in [3.8, 4) is 0 Å². The van der Waals surface area contributed by atoms with Crippen LogP contribution in [0.2, 0.25) is 0 Å². The predicted octanol–water partition coefficient (Wildman–Crippen LogP) is 4.42. The molecule has 0 spiro atoms. The maximum Gasteiger partial charge on any atom is 0.255 e. The van der Waals surface area contributed by atoms with E-state index in [1.165, 1.54) is 32.1 Å². The third-order valence-corrected chi connectivity index (χ3v) is 5.94. The van der Waals surface area contributed by atoms with Crippen molar-refractivity contribution in [1.82, 2.24) is 5.32 Å². The number of ether oxygens (including phenoxy) is 1. The number of carbonyl (C=O) groups excluding carboxylic acids is 1. The lowest BCUT2D eigenvalue weighted by molar-refractivity contribution is -0.00866. The molecule has 0 aromatic heterocycles. The van der Waals surface area contributed by atoms with Crippen molar-refractivity contribution < 1.29 is 9.53 Å². The second-order valence-electron chi connectivity index (χ2n) is 8.17. The van der Waals surface area contributed by atoms with Crippen LogP contribution in [0.4, 0.5) is 11.4 Å². The smallest absolute Gasteiger partial charge is 0.255 e. The highest BCUT2D eigenvalue weighted by atomic mass is 16.5. The van der Waals surface area contributed by atoms with Gasteiger partial charge in [0.2, 0.25) is 0 Å². The number of benzene rings is 2. The first kappa shape index (κ1) is 19.9. The Balaban J connectivity index is 1.22. The summed E-state index contributed by atoms with van der Waals surface area (Å²) in [5, 5.41) is 9.84. The molecule has 1 saturated carbocycles. The quantitative estimate of drug-likeness (QED) is 0.590. The third-order valence-electron chi connectivity index (χ3n) is 5.94. The molecule has 2 aromatic rings. The van der Waals surface area contributed by atoms with Crippen LogP contribution in [0, 0.1) is 5.92 Å².